The molecule has 0 spiro atoms. The number of allylic oxidation sites excluding steroid dienone is 1. The van der Waals surface area contributed by atoms with E-state index in [9.17, 15) is 4.79 Å². The molecule has 0 rings (SSSR count). The first-order chi connectivity index (χ1) is 7.56. The van der Waals surface area contributed by atoms with Gasteiger partial charge in [0.25, 0.3) is 0 Å². The fraction of sp³-hybridized carbons (Fsp3) is 0.786. The summed E-state index contributed by atoms with van der Waals surface area (Å²) in [6.07, 6.45) is 11.9. The smallest absolute Gasteiger partial charge is 0.313 e. The average molecular weight is 226 g/mol. The molecular formula is C14H26O2. The molecule has 0 radical (unpaired) electrons. The highest BCUT2D eigenvalue weighted by Gasteiger charge is 2.27. The lowest BCUT2D eigenvalue weighted by atomic mass is 9.87. The van der Waals surface area contributed by atoms with E-state index in [-0.39, 0.29) is 0 Å². The number of carboxylic acid groups (broad SMARTS) is 1. The zero-order chi connectivity index (χ0) is 12.4. The fourth-order valence-corrected chi connectivity index (χ4v) is 1.55. The Kier molecular flexibility index (Phi) is 7.96. The molecule has 1 atom stereocenters. The Bertz CT molecular complexity index is 221. The van der Waals surface area contributed by atoms with Gasteiger partial charge in [0, 0.05) is 0 Å². The SMILES string of the molecule is CCCCCCCC=CC(C)(CC)C(=O)O. The Balaban J connectivity index is 3.77. The van der Waals surface area contributed by atoms with E-state index in [0.717, 1.165) is 6.42 Å². The van der Waals surface area contributed by atoms with Crippen LogP contribution in [0.2, 0.25) is 0 Å². The maximum Gasteiger partial charge on any atom is 0.313 e. The second-order valence-electron chi connectivity index (χ2n) is 4.68. The van der Waals surface area contributed by atoms with Crippen molar-refractivity contribution in [3.63, 3.8) is 0 Å². The molecule has 2 heteroatoms. The van der Waals surface area contributed by atoms with Gasteiger partial charge in [0.05, 0.1) is 5.41 Å². The third kappa shape index (κ3) is 5.94. The summed E-state index contributed by atoms with van der Waals surface area (Å²) in [5.74, 6) is -0.725. The number of hydrogen-bond acceptors (Lipinski definition) is 1. The van der Waals surface area contributed by atoms with Gasteiger partial charge in [-0.15, -0.1) is 0 Å². The third-order valence-corrected chi connectivity index (χ3v) is 3.18. The number of rotatable bonds is 9. The molecule has 0 aromatic heterocycles. The van der Waals surface area contributed by atoms with Crippen LogP contribution in [0.3, 0.4) is 0 Å². The van der Waals surface area contributed by atoms with Crippen molar-refractivity contribution in [1.82, 2.24) is 0 Å². The van der Waals surface area contributed by atoms with E-state index in [1.54, 1.807) is 6.92 Å². The first kappa shape index (κ1) is 15.2. The van der Waals surface area contributed by atoms with E-state index in [2.05, 4.69) is 6.92 Å². The van der Waals surface area contributed by atoms with Gasteiger partial charge in [0.2, 0.25) is 0 Å². The predicted molar refractivity (Wildman–Crippen MR) is 68.5 cm³/mol. The van der Waals surface area contributed by atoms with Gasteiger partial charge in [-0.3, -0.25) is 4.79 Å². The molecule has 0 saturated carbocycles. The summed E-state index contributed by atoms with van der Waals surface area (Å²) in [5.41, 5.74) is -0.677. The molecule has 0 aliphatic heterocycles. The molecule has 0 bridgehead atoms. The van der Waals surface area contributed by atoms with Crippen LogP contribution in [0.25, 0.3) is 0 Å². The summed E-state index contributed by atoms with van der Waals surface area (Å²) in [6, 6.07) is 0. The van der Waals surface area contributed by atoms with Crippen LogP contribution in [0, 0.1) is 5.41 Å². The second-order valence-corrected chi connectivity index (χ2v) is 4.68. The molecule has 0 fully saturated rings. The van der Waals surface area contributed by atoms with Gasteiger partial charge in [0.1, 0.15) is 0 Å². The minimum Gasteiger partial charge on any atom is -0.481 e. The topological polar surface area (TPSA) is 37.3 Å². The van der Waals surface area contributed by atoms with Crippen molar-refractivity contribution in [2.24, 2.45) is 5.41 Å². The number of unbranched alkanes of at least 4 members (excludes halogenated alkanes) is 5. The summed E-state index contributed by atoms with van der Waals surface area (Å²) in [4.78, 5) is 11.0. The summed E-state index contributed by atoms with van der Waals surface area (Å²) < 4.78 is 0. The zero-order valence-electron chi connectivity index (χ0n) is 11.0. The molecule has 0 aliphatic carbocycles. The standard InChI is InChI=1S/C14H26O2/c1-4-6-7-8-9-10-11-12-14(3,5-2)13(15)16/h11-12H,4-10H2,1-3H3,(H,15,16). The van der Waals surface area contributed by atoms with Crippen LogP contribution in [0.5, 0.6) is 0 Å². The Labute approximate surface area is 99.7 Å². The van der Waals surface area contributed by atoms with Crippen molar-refractivity contribution in [3.8, 4) is 0 Å². The van der Waals surface area contributed by atoms with E-state index in [1.807, 2.05) is 19.1 Å². The average Bonchev–Trinajstić information content (AvgIpc) is 2.27. The number of carboxylic acids is 1. The molecular weight excluding hydrogens is 200 g/mol. The van der Waals surface area contributed by atoms with Gasteiger partial charge in [0.15, 0.2) is 0 Å². The van der Waals surface area contributed by atoms with Crippen LogP contribution < -0.4 is 0 Å². The van der Waals surface area contributed by atoms with Crippen molar-refractivity contribution in [2.75, 3.05) is 0 Å². The maximum atomic E-state index is 11.0. The Morgan fingerprint density at radius 3 is 2.31 bits per heavy atom. The van der Waals surface area contributed by atoms with Crippen molar-refractivity contribution >= 4 is 5.97 Å². The van der Waals surface area contributed by atoms with Gasteiger partial charge in [-0.25, -0.2) is 0 Å². The molecule has 0 saturated heterocycles. The number of aliphatic carboxylic acids is 1. The van der Waals surface area contributed by atoms with Crippen LogP contribution in [0.4, 0.5) is 0 Å². The molecule has 0 heterocycles. The van der Waals surface area contributed by atoms with Crippen LogP contribution in [-0.2, 0) is 4.79 Å². The largest absolute Gasteiger partial charge is 0.481 e. The summed E-state index contributed by atoms with van der Waals surface area (Å²) >= 11 is 0. The van der Waals surface area contributed by atoms with Crippen LogP contribution in [0.1, 0.15) is 65.7 Å². The van der Waals surface area contributed by atoms with Crippen molar-refractivity contribution < 1.29 is 9.90 Å². The van der Waals surface area contributed by atoms with E-state index in [4.69, 9.17) is 5.11 Å². The normalized spacial score (nSPS) is 15.2. The molecule has 16 heavy (non-hydrogen) atoms. The number of carbonyl (C=O) groups is 1. The van der Waals surface area contributed by atoms with Crippen LogP contribution in [0.15, 0.2) is 12.2 Å². The van der Waals surface area contributed by atoms with Crippen molar-refractivity contribution in [1.29, 1.82) is 0 Å². The summed E-state index contributed by atoms with van der Waals surface area (Å²) in [7, 11) is 0. The highest BCUT2D eigenvalue weighted by Crippen LogP contribution is 2.23. The van der Waals surface area contributed by atoms with Gasteiger partial charge in [-0.05, 0) is 26.2 Å². The molecule has 0 aromatic carbocycles. The minimum absolute atomic E-state index is 0.647. The van der Waals surface area contributed by atoms with E-state index >= 15 is 0 Å². The van der Waals surface area contributed by atoms with Crippen molar-refractivity contribution in [2.45, 2.75) is 65.7 Å². The highest BCUT2D eigenvalue weighted by molar-refractivity contribution is 5.76. The lowest BCUT2D eigenvalue weighted by molar-refractivity contribution is -0.145. The first-order valence-corrected chi connectivity index (χ1v) is 6.48. The molecule has 0 aromatic rings. The molecule has 1 N–H and O–H groups in total. The minimum atomic E-state index is -0.725. The van der Waals surface area contributed by atoms with E-state index in [1.165, 1.54) is 32.1 Å². The Morgan fingerprint density at radius 1 is 1.19 bits per heavy atom. The number of hydrogen-bond donors (Lipinski definition) is 1. The van der Waals surface area contributed by atoms with E-state index < -0.39 is 11.4 Å². The van der Waals surface area contributed by atoms with Crippen LogP contribution >= 0.6 is 0 Å². The van der Waals surface area contributed by atoms with Gasteiger partial charge in [-0.1, -0.05) is 51.7 Å². The van der Waals surface area contributed by atoms with Gasteiger partial charge < -0.3 is 5.11 Å². The maximum absolute atomic E-state index is 11.0. The Morgan fingerprint density at radius 2 is 1.81 bits per heavy atom. The lowest BCUT2D eigenvalue weighted by Gasteiger charge is -2.17. The molecule has 1 unspecified atom stereocenters. The zero-order valence-corrected chi connectivity index (χ0v) is 11.0. The quantitative estimate of drug-likeness (QED) is 0.467. The highest BCUT2D eigenvalue weighted by atomic mass is 16.4. The van der Waals surface area contributed by atoms with E-state index in [0.29, 0.717) is 6.42 Å². The second kappa shape index (κ2) is 8.37. The Hall–Kier alpha value is -0.790. The third-order valence-electron chi connectivity index (χ3n) is 3.18. The monoisotopic (exact) mass is 226 g/mol. The fourth-order valence-electron chi connectivity index (χ4n) is 1.55. The van der Waals surface area contributed by atoms with Crippen molar-refractivity contribution in [3.05, 3.63) is 12.2 Å². The van der Waals surface area contributed by atoms with Gasteiger partial charge >= 0.3 is 5.97 Å². The molecule has 2 nitrogen and oxygen atoms in total. The molecule has 0 aliphatic rings. The van der Waals surface area contributed by atoms with Gasteiger partial charge in [-0.2, -0.15) is 0 Å². The lowest BCUT2D eigenvalue weighted by Crippen LogP contribution is -2.23. The predicted octanol–water partition coefficient (Wildman–Crippen LogP) is 4.40. The first-order valence-electron chi connectivity index (χ1n) is 6.48. The van der Waals surface area contributed by atoms with Crippen LogP contribution in [-0.4, -0.2) is 11.1 Å². The summed E-state index contributed by atoms with van der Waals surface area (Å²) in [6.45, 7) is 5.90. The molecule has 0 amide bonds. The summed E-state index contributed by atoms with van der Waals surface area (Å²) in [5, 5.41) is 9.05. The molecule has 94 valence electrons.